The predicted octanol–water partition coefficient (Wildman–Crippen LogP) is 16.8. The topological polar surface area (TPSA) is 50.7 Å². The Hall–Kier alpha value is -6.32. The molecule has 0 spiro atoms. The number of nitrogens with zero attached hydrogens (tertiary/aromatic N) is 2. The first-order valence-electron chi connectivity index (χ1n) is 24.5. The molecule has 3 aliphatic carbocycles. The summed E-state index contributed by atoms with van der Waals surface area (Å²) in [5.41, 5.74) is 25.3. The molecule has 2 atom stereocenters. The molecule has 0 heterocycles. The molecule has 0 saturated heterocycles. The van der Waals surface area contributed by atoms with E-state index in [1.54, 1.807) is 0 Å². The summed E-state index contributed by atoms with van der Waals surface area (Å²) < 4.78 is 0. The van der Waals surface area contributed by atoms with E-state index in [1.165, 1.54) is 85.2 Å². The molecule has 66 heavy (non-hydrogen) atoms. The molecule has 0 aliphatic heterocycles. The van der Waals surface area contributed by atoms with Crippen molar-refractivity contribution < 1.29 is 0 Å². The van der Waals surface area contributed by atoms with Gasteiger partial charge in [0.1, 0.15) is 11.7 Å². The molecule has 340 valence electrons. The van der Waals surface area contributed by atoms with Gasteiger partial charge in [-0.1, -0.05) is 202 Å². The number of aliphatic imine (C=N–C) groups is 2. The van der Waals surface area contributed by atoms with Crippen molar-refractivity contribution in [2.45, 2.75) is 119 Å². The Balaban J connectivity index is 0.000000191. The van der Waals surface area contributed by atoms with Crippen molar-refractivity contribution in [1.82, 2.24) is 0 Å². The molecule has 5 aromatic carbocycles. The van der Waals surface area contributed by atoms with Gasteiger partial charge in [0, 0.05) is 5.92 Å². The van der Waals surface area contributed by atoms with Crippen LogP contribution in [0.5, 0.6) is 0 Å². The van der Waals surface area contributed by atoms with Crippen molar-refractivity contribution in [3.63, 3.8) is 0 Å². The van der Waals surface area contributed by atoms with Crippen molar-refractivity contribution in [2.24, 2.45) is 21.6 Å². The molecule has 0 aromatic heterocycles. The van der Waals surface area contributed by atoms with Crippen LogP contribution >= 0.6 is 0 Å². The minimum atomic E-state index is 0.135. The second-order valence-corrected chi connectivity index (χ2v) is 18.2. The number of hydrogen-bond donors (Lipinski definition) is 1. The van der Waals surface area contributed by atoms with E-state index >= 15 is 0 Å². The second kappa shape index (κ2) is 25.4. The molecule has 3 heteroatoms. The summed E-state index contributed by atoms with van der Waals surface area (Å²) in [5.74, 6) is 2.12. The van der Waals surface area contributed by atoms with Crippen LogP contribution in [0.2, 0.25) is 0 Å². The van der Waals surface area contributed by atoms with Gasteiger partial charge in [0.2, 0.25) is 0 Å². The fraction of sp³-hybridized carbons (Fsp3) is 0.302. The first kappa shape index (κ1) is 49.1. The predicted molar refractivity (Wildman–Crippen MR) is 287 cm³/mol. The number of hydrogen-bond acceptors (Lipinski definition) is 1. The van der Waals surface area contributed by atoms with Crippen LogP contribution in [0.25, 0.3) is 22.3 Å². The Kier molecular flexibility index (Phi) is 18.9. The maximum atomic E-state index is 6.43. The van der Waals surface area contributed by atoms with Gasteiger partial charge in [0.05, 0.1) is 6.54 Å². The Morgan fingerprint density at radius 1 is 0.652 bits per heavy atom. The van der Waals surface area contributed by atoms with Gasteiger partial charge in [-0.2, -0.15) is 0 Å². The third-order valence-electron chi connectivity index (χ3n) is 13.0. The monoisotopic (exact) mass is 872 g/mol. The summed E-state index contributed by atoms with van der Waals surface area (Å²) in [6.07, 6.45) is 29.4. The SMILES string of the molecule is CCCCc1ccccc1-c1cc(-c2ccccc2[C@H](C)CC)c(C)cc1C.Cc1ccc(CN=C(N=C(N)C2=CC=CCC2)C2C=CC=C(C3=CC=CCC3)C2)cc1.Cc1ccccc1. The largest absolute Gasteiger partial charge is 0.383 e. The fourth-order valence-corrected chi connectivity index (χ4v) is 8.80. The minimum Gasteiger partial charge on any atom is -0.383 e. The lowest BCUT2D eigenvalue weighted by molar-refractivity contribution is 0.735. The molecule has 0 amide bonds. The zero-order valence-corrected chi connectivity index (χ0v) is 40.9. The van der Waals surface area contributed by atoms with E-state index in [1.807, 2.05) is 18.2 Å². The lowest BCUT2D eigenvalue weighted by Crippen LogP contribution is -2.22. The smallest absolute Gasteiger partial charge is 0.133 e. The Labute approximate surface area is 398 Å². The van der Waals surface area contributed by atoms with Crippen LogP contribution in [0.3, 0.4) is 0 Å². The number of unbranched alkanes of at least 4 members (excludes halogenated alkanes) is 1. The van der Waals surface area contributed by atoms with E-state index in [2.05, 4.69) is 200 Å². The summed E-state index contributed by atoms with van der Waals surface area (Å²) in [6.45, 7) is 16.2. The number of amidine groups is 2. The molecule has 3 nitrogen and oxygen atoms in total. The van der Waals surface area contributed by atoms with Crippen LogP contribution in [-0.2, 0) is 13.0 Å². The third-order valence-corrected chi connectivity index (χ3v) is 13.0. The maximum absolute atomic E-state index is 6.43. The van der Waals surface area contributed by atoms with Gasteiger partial charge in [-0.3, -0.25) is 4.99 Å². The highest BCUT2D eigenvalue weighted by Gasteiger charge is 2.21. The number of benzene rings is 5. The number of rotatable bonds is 12. The maximum Gasteiger partial charge on any atom is 0.133 e. The normalized spacial score (nSPS) is 16.2. The Morgan fingerprint density at radius 3 is 1.94 bits per heavy atom. The van der Waals surface area contributed by atoms with Gasteiger partial charge in [0.15, 0.2) is 0 Å². The van der Waals surface area contributed by atoms with E-state index in [9.17, 15) is 0 Å². The zero-order chi connectivity index (χ0) is 46.7. The highest BCUT2D eigenvalue weighted by Crippen LogP contribution is 2.38. The van der Waals surface area contributed by atoms with Crippen LogP contribution in [0.4, 0.5) is 0 Å². The minimum absolute atomic E-state index is 0.135. The molecule has 0 bridgehead atoms. The van der Waals surface area contributed by atoms with Gasteiger partial charge >= 0.3 is 0 Å². The van der Waals surface area contributed by atoms with Crippen LogP contribution in [0, 0.1) is 33.6 Å². The molecule has 8 rings (SSSR count). The van der Waals surface area contributed by atoms with Crippen LogP contribution < -0.4 is 5.73 Å². The summed E-state index contributed by atoms with van der Waals surface area (Å²) >= 11 is 0. The summed E-state index contributed by atoms with van der Waals surface area (Å²) in [6, 6.07) is 41.5. The van der Waals surface area contributed by atoms with Gasteiger partial charge in [0.25, 0.3) is 0 Å². The number of aryl methyl sites for hydroxylation is 5. The van der Waals surface area contributed by atoms with E-state index in [4.69, 9.17) is 15.7 Å². The van der Waals surface area contributed by atoms with Crippen LogP contribution in [-0.4, -0.2) is 11.7 Å². The molecule has 1 unspecified atom stereocenters. The lowest BCUT2D eigenvalue weighted by Gasteiger charge is -2.22. The van der Waals surface area contributed by atoms with E-state index in [0.717, 1.165) is 56.4 Å². The average molecular weight is 872 g/mol. The van der Waals surface area contributed by atoms with Crippen LogP contribution in [0.1, 0.15) is 117 Å². The summed E-state index contributed by atoms with van der Waals surface area (Å²) in [5, 5.41) is 0. The van der Waals surface area contributed by atoms with E-state index in [0.29, 0.717) is 18.3 Å². The van der Waals surface area contributed by atoms with Gasteiger partial charge in [-0.25, -0.2) is 4.99 Å². The number of allylic oxidation sites excluding steroid dienone is 10. The molecule has 2 N–H and O–H groups in total. The first-order chi connectivity index (χ1) is 32.1. The standard InChI is InChI=1S/C28H31N3.C28H34.C7H8/c1-21-15-17-22(18-16-21)20-30-28(31-27(29)24-11-6-3-7-12-24)26-14-8-13-25(19-26)23-9-4-2-5-10-23;1-6-8-13-23-14-9-10-16-25(23)27-19-28(22(5)18-21(27)4)26-17-12-11-15-24(26)20(3)7-2;1-7-5-3-2-4-6-7/h2-4,6,8-9,11,13-18,26H,5,7,10,12,19-20H2,1H3,(H2,29,30,31);9-12,14-20H,6-8,13H2,1-5H3;2-6H,1H3/t;20-;/m.1./s1. The first-order valence-corrected chi connectivity index (χ1v) is 24.5. The van der Waals surface area contributed by atoms with Crippen molar-refractivity contribution in [3.8, 4) is 22.3 Å². The van der Waals surface area contributed by atoms with E-state index < -0.39 is 0 Å². The average Bonchev–Trinajstić information content (AvgIpc) is 3.36. The highest BCUT2D eigenvalue weighted by atomic mass is 15.0. The Morgan fingerprint density at radius 2 is 1.29 bits per heavy atom. The zero-order valence-electron chi connectivity index (χ0n) is 40.9. The fourth-order valence-electron chi connectivity index (χ4n) is 8.80. The van der Waals surface area contributed by atoms with Crippen molar-refractivity contribution >= 4 is 11.7 Å². The quantitative estimate of drug-likeness (QED) is 0.0985. The Bertz CT molecular complexity index is 2610. The summed E-state index contributed by atoms with van der Waals surface area (Å²) in [4.78, 5) is 9.82. The second-order valence-electron chi connectivity index (χ2n) is 18.2. The molecule has 3 aliphatic rings. The number of nitrogens with two attached hydrogens (primary N) is 1. The van der Waals surface area contributed by atoms with Crippen LogP contribution in [0.15, 0.2) is 197 Å². The van der Waals surface area contributed by atoms with Gasteiger partial charge in [-0.05, 0) is 158 Å². The van der Waals surface area contributed by atoms with E-state index in [-0.39, 0.29) is 5.92 Å². The molecule has 0 fully saturated rings. The summed E-state index contributed by atoms with van der Waals surface area (Å²) in [7, 11) is 0. The van der Waals surface area contributed by atoms with Crippen molar-refractivity contribution in [1.29, 1.82) is 0 Å². The molecular weight excluding hydrogens is 799 g/mol. The van der Waals surface area contributed by atoms with Crippen molar-refractivity contribution in [2.75, 3.05) is 0 Å². The third kappa shape index (κ3) is 14.1. The highest BCUT2D eigenvalue weighted by molar-refractivity contribution is 6.06. The molecule has 5 aromatic rings. The molecular formula is C63H73N3. The van der Waals surface area contributed by atoms with Gasteiger partial charge in [-0.15, -0.1) is 0 Å². The lowest BCUT2D eigenvalue weighted by atomic mass is 9.85. The van der Waals surface area contributed by atoms with Crippen molar-refractivity contribution in [3.05, 3.63) is 226 Å². The molecule has 0 radical (unpaired) electrons. The van der Waals surface area contributed by atoms with Gasteiger partial charge < -0.3 is 5.73 Å². The molecule has 0 saturated carbocycles.